The number of hydrazone groups is 1. The zero-order chi connectivity index (χ0) is 18.2. The van der Waals surface area contributed by atoms with Crippen LogP contribution in [0.15, 0.2) is 5.10 Å². The summed E-state index contributed by atoms with van der Waals surface area (Å²) in [7, 11) is 3.27. The molecule has 0 spiro atoms. The van der Waals surface area contributed by atoms with Crippen molar-refractivity contribution in [1.82, 2.24) is 5.01 Å². The van der Waals surface area contributed by atoms with Gasteiger partial charge in [0.15, 0.2) is 0 Å². The second-order valence-electron chi connectivity index (χ2n) is 8.06. The van der Waals surface area contributed by atoms with Gasteiger partial charge in [0.25, 0.3) is 0 Å². The number of esters is 1. The fraction of sp³-hybridized carbons (Fsp3) is 0.900. The zero-order valence-corrected chi connectivity index (χ0v) is 16.5. The number of carbonyl (C=O) groups is 1. The minimum absolute atomic E-state index is 0.0352. The normalized spacial score (nSPS) is 27.8. The monoisotopic (exact) mass is 352 g/mol. The molecule has 0 radical (unpaired) electrons. The molecule has 5 heteroatoms. The second kappa shape index (κ2) is 10.1. The molecular formula is C20H36N2O3. The number of carbonyl (C=O) groups excluding carboxylic acids is 1. The highest BCUT2D eigenvalue weighted by molar-refractivity contribution is 5.85. The molecule has 2 fully saturated rings. The molecule has 0 bridgehead atoms. The van der Waals surface area contributed by atoms with Crippen molar-refractivity contribution in [3.63, 3.8) is 0 Å². The first kappa shape index (κ1) is 20.2. The highest BCUT2D eigenvalue weighted by Crippen LogP contribution is 2.34. The molecule has 2 rings (SSSR count). The predicted molar refractivity (Wildman–Crippen MR) is 101 cm³/mol. The average Bonchev–Trinajstić information content (AvgIpc) is 3.01. The Morgan fingerprint density at radius 2 is 1.92 bits per heavy atom. The minimum atomic E-state index is -0.0352. The maximum absolute atomic E-state index is 12.2. The van der Waals surface area contributed by atoms with Gasteiger partial charge in [-0.05, 0) is 50.4 Å². The summed E-state index contributed by atoms with van der Waals surface area (Å²) in [5.41, 5.74) is 1.25. The van der Waals surface area contributed by atoms with E-state index in [9.17, 15) is 4.79 Å². The van der Waals surface area contributed by atoms with Gasteiger partial charge in [-0.2, -0.15) is 5.10 Å². The van der Waals surface area contributed by atoms with Gasteiger partial charge in [0, 0.05) is 19.4 Å². The van der Waals surface area contributed by atoms with E-state index in [2.05, 4.69) is 18.9 Å². The number of methoxy groups -OCH3 is 2. The third kappa shape index (κ3) is 5.98. The van der Waals surface area contributed by atoms with Crippen LogP contribution >= 0.6 is 0 Å². The Kier molecular flexibility index (Phi) is 8.20. The lowest BCUT2D eigenvalue weighted by Gasteiger charge is -2.31. The maximum Gasteiger partial charge on any atom is 0.308 e. The lowest BCUT2D eigenvalue weighted by Crippen LogP contribution is -2.32. The van der Waals surface area contributed by atoms with E-state index in [4.69, 9.17) is 14.6 Å². The SMILES string of the molecule is COC[C@@H]1CCCN1/N=C(/CC(C)C)C[C@H]1CCCC[C@@H]1C(=O)OC. The Labute approximate surface area is 153 Å². The van der Waals surface area contributed by atoms with Crippen LogP contribution in [0.4, 0.5) is 0 Å². The van der Waals surface area contributed by atoms with Crippen molar-refractivity contribution in [2.75, 3.05) is 27.4 Å². The van der Waals surface area contributed by atoms with Crippen molar-refractivity contribution >= 4 is 11.7 Å². The Balaban J connectivity index is 2.10. The molecule has 1 saturated heterocycles. The molecule has 0 amide bonds. The van der Waals surface area contributed by atoms with Gasteiger partial charge in [-0.3, -0.25) is 9.80 Å². The fourth-order valence-corrected chi connectivity index (χ4v) is 4.35. The lowest BCUT2D eigenvalue weighted by molar-refractivity contribution is -0.148. The molecule has 1 saturated carbocycles. The molecule has 25 heavy (non-hydrogen) atoms. The Morgan fingerprint density at radius 3 is 2.60 bits per heavy atom. The van der Waals surface area contributed by atoms with E-state index in [0.29, 0.717) is 17.9 Å². The first-order valence-electron chi connectivity index (χ1n) is 9.94. The van der Waals surface area contributed by atoms with Gasteiger partial charge < -0.3 is 9.47 Å². The zero-order valence-electron chi connectivity index (χ0n) is 16.5. The van der Waals surface area contributed by atoms with Crippen LogP contribution < -0.4 is 0 Å². The summed E-state index contributed by atoms with van der Waals surface area (Å²) in [6, 6.07) is 0.398. The van der Waals surface area contributed by atoms with Crippen LogP contribution in [0.1, 0.15) is 65.2 Å². The molecule has 3 atom stereocenters. The van der Waals surface area contributed by atoms with E-state index < -0.39 is 0 Å². The van der Waals surface area contributed by atoms with E-state index in [1.807, 2.05) is 0 Å². The molecule has 2 aliphatic rings. The second-order valence-corrected chi connectivity index (χ2v) is 8.06. The van der Waals surface area contributed by atoms with E-state index in [0.717, 1.165) is 51.7 Å². The van der Waals surface area contributed by atoms with Crippen LogP contribution in [-0.4, -0.2) is 50.1 Å². The van der Waals surface area contributed by atoms with Gasteiger partial charge in [0.1, 0.15) is 0 Å². The summed E-state index contributed by atoms with van der Waals surface area (Å²) in [4.78, 5) is 12.2. The van der Waals surface area contributed by atoms with Gasteiger partial charge in [0.05, 0.1) is 25.7 Å². The molecular weight excluding hydrogens is 316 g/mol. The van der Waals surface area contributed by atoms with Crippen molar-refractivity contribution in [2.24, 2.45) is 22.9 Å². The molecule has 0 unspecified atom stereocenters. The lowest BCUT2D eigenvalue weighted by atomic mass is 9.76. The van der Waals surface area contributed by atoms with Crippen molar-refractivity contribution in [3.05, 3.63) is 0 Å². The standard InChI is InChI=1S/C20H36N2O3/c1-15(2)12-17(21-22-11-7-9-18(22)14-24-3)13-16-8-5-6-10-19(16)20(23)25-4/h15-16,18-19H,5-14H2,1-4H3/b21-17-/t16-,18+,19+/m1/s1. The number of rotatable bonds is 8. The average molecular weight is 353 g/mol. The van der Waals surface area contributed by atoms with E-state index >= 15 is 0 Å². The first-order valence-corrected chi connectivity index (χ1v) is 9.94. The third-order valence-corrected chi connectivity index (χ3v) is 5.53. The topological polar surface area (TPSA) is 51.1 Å². The minimum Gasteiger partial charge on any atom is -0.469 e. The molecule has 0 N–H and O–H groups in total. The quantitative estimate of drug-likeness (QED) is 0.491. The van der Waals surface area contributed by atoms with Gasteiger partial charge >= 0.3 is 5.97 Å². The summed E-state index contributed by atoms with van der Waals surface area (Å²) in [5, 5.41) is 7.28. The number of nitrogens with zero attached hydrogens (tertiary/aromatic N) is 2. The van der Waals surface area contributed by atoms with Crippen molar-refractivity contribution < 1.29 is 14.3 Å². The maximum atomic E-state index is 12.2. The van der Waals surface area contributed by atoms with E-state index in [1.54, 1.807) is 7.11 Å². The summed E-state index contributed by atoms with van der Waals surface area (Å²) in [5.74, 6) is 0.959. The third-order valence-electron chi connectivity index (χ3n) is 5.53. The molecule has 0 aromatic carbocycles. The predicted octanol–water partition coefficient (Wildman–Crippen LogP) is 3.87. The van der Waals surface area contributed by atoms with Crippen molar-refractivity contribution in [1.29, 1.82) is 0 Å². The largest absolute Gasteiger partial charge is 0.469 e. The van der Waals surface area contributed by atoms with E-state index in [-0.39, 0.29) is 11.9 Å². The smallest absolute Gasteiger partial charge is 0.308 e. The van der Waals surface area contributed by atoms with Crippen LogP contribution in [-0.2, 0) is 14.3 Å². The molecule has 0 aromatic rings. The highest BCUT2D eigenvalue weighted by atomic mass is 16.5. The molecule has 144 valence electrons. The molecule has 5 nitrogen and oxygen atoms in total. The molecule has 0 aromatic heterocycles. The van der Waals surface area contributed by atoms with Gasteiger partial charge in [-0.15, -0.1) is 0 Å². The van der Waals surface area contributed by atoms with Crippen LogP contribution in [0.5, 0.6) is 0 Å². The summed E-state index contributed by atoms with van der Waals surface area (Å²) in [6.45, 7) is 6.24. The summed E-state index contributed by atoms with van der Waals surface area (Å²) in [6.07, 6.45) is 8.68. The van der Waals surface area contributed by atoms with Crippen LogP contribution in [0, 0.1) is 17.8 Å². The highest BCUT2D eigenvalue weighted by Gasteiger charge is 2.33. The number of hydrogen-bond donors (Lipinski definition) is 0. The Bertz CT molecular complexity index is 450. The van der Waals surface area contributed by atoms with Gasteiger partial charge in [-0.25, -0.2) is 0 Å². The summed E-state index contributed by atoms with van der Waals surface area (Å²) >= 11 is 0. The van der Waals surface area contributed by atoms with Gasteiger partial charge in [0.2, 0.25) is 0 Å². The number of hydrogen-bond acceptors (Lipinski definition) is 5. The summed E-state index contributed by atoms with van der Waals surface area (Å²) < 4.78 is 10.4. The Morgan fingerprint density at radius 1 is 1.16 bits per heavy atom. The van der Waals surface area contributed by atoms with Crippen molar-refractivity contribution in [3.8, 4) is 0 Å². The fourth-order valence-electron chi connectivity index (χ4n) is 4.35. The van der Waals surface area contributed by atoms with Crippen molar-refractivity contribution in [2.45, 2.75) is 71.3 Å². The Hall–Kier alpha value is -1.10. The van der Waals surface area contributed by atoms with Crippen LogP contribution in [0.25, 0.3) is 0 Å². The molecule has 1 heterocycles. The molecule has 1 aliphatic heterocycles. The van der Waals surface area contributed by atoms with Gasteiger partial charge in [-0.1, -0.05) is 26.7 Å². The van der Waals surface area contributed by atoms with E-state index in [1.165, 1.54) is 25.7 Å². The molecule has 1 aliphatic carbocycles. The first-order chi connectivity index (χ1) is 12.0. The van der Waals surface area contributed by atoms with Crippen LogP contribution in [0.3, 0.4) is 0 Å². The number of ether oxygens (including phenoxy) is 2. The van der Waals surface area contributed by atoms with Crippen LogP contribution in [0.2, 0.25) is 0 Å².